The van der Waals surface area contributed by atoms with E-state index in [0.29, 0.717) is 0 Å². The van der Waals surface area contributed by atoms with Crippen LogP contribution in [0.5, 0.6) is 0 Å². The zero-order chi connectivity index (χ0) is 12.8. The molecule has 102 valence electrons. The molecule has 2 aliphatic rings. The number of piperidine rings is 1. The van der Waals surface area contributed by atoms with E-state index in [1.807, 2.05) is 0 Å². The highest BCUT2D eigenvalue weighted by molar-refractivity contribution is 4.91. The fourth-order valence-electron chi connectivity index (χ4n) is 3.56. The number of nitrogens with zero attached hydrogens (tertiary/aromatic N) is 2. The predicted molar refractivity (Wildman–Crippen MR) is 74.2 cm³/mol. The predicted octanol–water partition coefficient (Wildman–Crippen LogP) is 2.39. The lowest BCUT2D eigenvalue weighted by Crippen LogP contribution is -2.44. The Morgan fingerprint density at radius 3 is 2.67 bits per heavy atom. The average Bonchev–Trinajstić information content (AvgIpc) is 2.38. The second kappa shape index (κ2) is 7.11. The molecule has 3 atom stereocenters. The molecule has 3 nitrogen and oxygen atoms in total. The molecule has 0 aromatic heterocycles. The lowest BCUT2D eigenvalue weighted by molar-refractivity contribution is 0.0842. The maximum Gasteiger partial charge on any atom is 0.0965 e. The molecule has 1 N–H and O–H groups in total. The number of rotatable bonds is 6. The van der Waals surface area contributed by atoms with Crippen molar-refractivity contribution in [3.05, 3.63) is 0 Å². The van der Waals surface area contributed by atoms with Crippen molar-refractivity contribution in [2.45, 2.75) is 51.5 Å². The third kappa shape index (κ3) is 3.96. The summed E-state index contributed by atoms with van der Waals surface area (Å²) in [5.74, 6) is 1.89. The summed E-state index contributed by atoms with van der Waals surface area (Å²) in [6, 6.07) is 2.44. The van der Waals surface area contributed by atoms with Crippen LogP contribution in [-0.4, -0.2) is 37.1 Å². The van der Waals surface area contributed by atoms with E-state index in [2.05, 4.69) is 23.2 Å². The van der Waals surface area contributed by atoms with Crippen molar-refractivity contribution in [1.82, 2.24) is 10.2 Å². The molecular weight excluding hydrogens is 222 g/mol. The van der Waals surface area contributed by atoms with Gasteiger partial charge in [0.2, 0.25) is 0 Å². The van der Waals surface area contributed by atoms with Crippen molar-refractivity contribution in [3.63, 3.8) is 0 Å². The van der Waals surface area contributed by atoms with E-state index in [9.17, 15) is 0 Å². The second-order valence-electron chi connectivity index (χ2n) is 6.08. The maximum atomic E-state index is 9.11. The Hall–Kier alpha value is -0.590. The van der Waals surface area contributed by atoms with Crippen LogP contribution in [0.4, 0.5) is 0 Å². The first-order valence-corrected chi connectivity index (χ1v) is 7.67. The van der Waals surface area contributed by atoms with E-state index in [4.69, 9.17) is 5.26 Å². The molecular formula is C15H27N3. The van der Waals surface area contributed by atoms with Gasteiger partial charge < -0.3 is 10.2 Å². The van der Waals surface area contributed by atoms with Crippen LogP contribution in [0.2, 0.25) is 0 Å². The molecule has 0 aromatic carbocycles. The first-order valence-electron chi connectivity index (χ1n) is 7.67. The number of hydrogen-bond donors (Lipinski definition) is 1. The van der Waals surface area contributed by atoms with Crippen LogP contribution in [0, 0.1) is 23.2 Å². The molecule has 1 saturated carbocycles. The molecule has 2 bridgehead atoms. The van der Waals surface area contributed by atoms with E-state index < -0.39 is 0 Å². The number of hydrogen-bond acceptors (Lipinski definition) is 3. The van der Waals surface area contributed by atoms with Gasteiger partial charge in [-0.25, -0.2) is 0 Å². The van der Waals surface area contributed by atoms with Gasteiger partial charge in [0.15, 0.2) is 0 Å². The zero-order valence-corrected chi connectivity index (χ0v) is 11.7. The van der Waals surface area contributed by atoms with Gasteiger partial charge in [0.05, 0.1) is 12.1 Å². The van der Waals surface area contributed by atoms with Crippen molar-refractivity contribution in [1.29, 1.82) is 5.26 Å². The molecule has 0 amide bonds. The standard InChI is InChI=1S/C15H27N3/c1-2-7-17-15(10-16)6-8-18-11-13-4-3-5-14(9-13)12-18/h13-15,17H,2-9,11-12H2,1H3. The monoisotopic (exact) mass is 249 g/mol. The van der Waals surface area contributed by atoms with Crippen LogP contribution in [0.3, 0.4) is 0 Å². The number of nitriles is 1. The Morgan fingerprint density at radius 2 is 2.06 bits per heavy atom. The van der Waals surface area contributed by atoms with Gasteiger partial charge in [-0.2, -0.15) is 5.26 Å². The highest BCUT2D eigenvalue weighted by Crippen LogP contribution is 2.34. The van der Waals surface area contributed by atoms with Crippen molar-refractivity contribution in [3.8, 4) is 6.07 Å². The molecule has 3 heteroatoms. The van der Waals surface area contributed by atoms with Gasteiger partial charge >= 0.3 is 0 Å². The zero-order valence-electron chi connectivity index (χ0n) is 11.7. The molecule has 0 radical (unpaired) electrons. The molecule has 1 aliphatic heterocycles. The summed E-state index contributed by atoms with van der Waals surface area (Å²) in [7, 11) is 0. The summed E-state index contributed by atoms with van der Waals surface area (Å²) < 4.78 is 0. The van der Waals surface area contributed by atoms with Crippen LogP contribution in [-0.2, 0) is 0 Å². The summed E-state index contributed by atoms with van der Waals surface area (Å²) in [5, 5.41) is 12.4. The Balaban J connectivity index is 1.71. The number of nitrogens with one attached hydrogen (secondary N) is 1. The Bertz CT molecular complexity index is 272. The average molecular weight is 249 g/mol. The van der Waals surface area contributed by atoms with Gasteiger partial charge in [0.1, 0.15) is 0 Å². The van der Waals surface area contributed by atoms with Crippen LogP contribution in [0.15, 0.2) is 0 Å². The Labute approximate surface area is 112 Å². The van der Waals surface area contributed by atoms with Crippen molar-refractivity contribution in [2.75, 3.05) is 26.2 Å². The van der Waals surface area contributed by atoms with Crippen LogP contribution < -0.4 is 5.32 Å². The quantitative estimate of drug-likeness (QED) is 0.785. The molecule has 2 rings (SSSR count). The fraction of sp³-hybridized carbons (Fsp3) is 0.933. The molecule has 18 heavy (non-hydrogen) atoms. The van der Waals surface area contributed by atoms with Crippen LogP contribution >= 0.6 is 0 Å². The largest absolute Gasteiger partial charge is 0.303 e. The topological polar surface area (TPSA) is 39.1 Å². The molecule has 1 saturated heterocycles. The maximum absolute atomic E-state index is 9.11. The lowest BCUT2D eigenvalue weighted by Gasteiger charge is -2.41. The van der Waals surface area contributed by atoms with Gasteiger partial charge in [-0.15, -0.1) is 0 Å². The summed E-state index contributed by atoms with van der Waals surface area (Å²) in [5.41, 5.74) is 0. The smallest absolute Gasteiger partial charge is 0.0965 e. The summed E-state index contributed by atoms with van der Waals surface area (Å²) >= 11 is 0. The van der Waals surface area contributed by atoms with Crippen molar-refractivity contribution in [2.24, 2.45) is 11.8 Å². The third-order valence-electron chi connectivity index (χ3n) is 4.45. The minimum Gasteiger partial charge on any atom is -0.303 e. The molecule has 1 heterocycles. The van der Waals surface area contributed by atoms with Gasteiger partial charge in [-0.1, -0.05) is 13.3 Å². The Kier molecular flexibility index (Phi) is 5.46. The van der Waals surface area contributed by atoms with Crippen molar-refractivity contribution >= 4 is 0 Å². The lowest BCUT2D eigenvalue weighted by atomic mass is 9.78. The highest BCUT2D eigenvalue weighted by Gasteiger charge is 2.30. The highest BCUT2D eigenvalue weighted by atomic mass is 15.1. The van der Waals surface area contributed by atoms with Crippen molar-refractivity contribution < 1.29 is 0 Å². The van der Waals surface area contributed by atoms with Crippen LogP contribution in [0.25, 0.3) is 0 Å². The number of likely N-dealkylation sites (tertiary alicyclic amines) is 1. The minimum atomic E-state index is 0.0479. The van der Waals surface area contributed by atoms with Crippen LogP contribution in [0.1, 0.15) is 45.4 Å². The third-order valence-corrected chi connectivity index (χ3v) is 4.45. The molecule has 2 fully saturated rings. The van der Waals surface area contributed by atoms with E-state index in [0.717, 1.165) is 37.8 Å². The summed E-state index contributed by atoms with van der Waals surface area (Å²) in [6.45, 7) is 6.77. The Morgan fingerprint density at radius 1 is 1.33 bits per heavy atom. The van der Waals surface area contributed by atoms with E-state index in [1.54, 1.807) is 0 Å². The molecule has 0 spiro atoms. The molecule has 1 aliphatic carbocycles. The van der Waals surface area contributed by atoms with Gasteiger partial charge in [0.25, 0.3) is 0 Å². The SMILES string of the molecule is CCCNC(C#N)CCN1CC2CCCC(C2)C1. The van der Waals surface area contributed by atoms with Gasteiger partial charge in [-0.05, 0) is 50.5 Å². The van der Waals surface area contributed by atoms with E-state index in [-0.39, 0.29) is 6.04 Å². The van der Waals surface area contributed by atoms with E-state index in [1.165, 1.54) is 38.8 Å². The number of fused-ring (bicyclic) bond motifs is 2. The molecule has 3 unspecified atom stereocenters. The molecule has 0 aromatic rings. The van der Waals surface area contributed by atoms with E-state index >= 15 is 0 Å². The fourth-order valence-corrected chi connectivity index (χ4v) is 3.56. The first kappa shape index (κ1) is 13.8. The first-order chi connectivity index (χ1) is 8.81. The second-order valence-corrected chi connectivity index (χ2v) is 6.08. The van der Waals surface area contributed by atoms with Gasteiger partial charge in [-0.3, -0.25) is 0 Å². The normalized spacial score (nSPS) is 29.8. The summed E-state index contributed by atoms with van der Waals surface area (Å²) in [4.78, 5) is 2.61. The van der Waals surface area contributed by atoms with Gasteiger partial charge in [0, 0.05) is 19.6 Å². The minimum absolute atomic E-state index is 0.0479. The summed E-state index contributed by atoms with van der Waals surface area (Å²) in [6.07, 6.45) is 7.86.